The zero-order valence-electron chi connectivity index (χ0n) is 10.9. The number of carbonyl (C=O) groups is 1. The first-order valence-electron chi connectivity index (χ1n) is 6.11. The van der Waals surface area contributed by atoms with Crippen LogP contribution >= 0.6 is 0 Å². The molecule has 0 aliphatic heterocycles. The van der Waals surface area contributed by atoms with Crippen molar-refractivity contribution in [1.82, 2.24) is 10.2 Å². The van der Waals surface area contributed by atoms with E-state index in [1.165, 1.54) is 19.3 Å². The van der Waals surface area contributed by atoms with Crippen molar-refractivity contribution in [3.8, 4) is 0 Å². The smallest absolute Gasteiger partial charge is 0.237 e. The number of primary amides is 1. The summed E-state index contributed by atoms with van der Waals surface area (Å²) in [6, 6.07) is 1.07. The summed E-state index contributed by atoms with van der Waals surface area (Å²) >= 11 is 0. The highest BCUT2D eigenvalue weighted by molar-refractivity contribution is 5.84. The molecule has 1 saturated carbocycles. The molecule has 4 heteroatoms. The predicted molar refractivity (Wildman–Crippen MR) is 66.1 cm³/mol. The maximum atomic E-state index is 11.4. The Kier molecular flexibility index (Phi) is 4.33. The maximum absolute atomic E-state index is 11.4. The van der Waals surface area contributed by atoms with Gasteiger partial charge in [0, 0.05) is 12.1 Å². The van der Waals surface area contributed by atoms with E-state index in [-0.39, 0.29) is 5.91 Å². The molecule has 0 bridgehead atoms. The number of nitrogens with zero attached hydrogens (tertiary/aromatic N) is 1. The molecular formula is C12H25N3O. The average molecular weight is 227 g/mol. The van der Waals surface area contributed by atoms with E-state index in [2.05, 4.69) is 24.2 Å². The van der Waals surface area contributed by atoms with Gasteiger partial charge in [-0.2, -0.15) is 0 Å². The molecule has 1 amide bonds. The number of hydrogen-bond donors (Lipinski definition) is 2. The van der Waals surface area contributed by atoms with Gasteiger partial charge in [-0.1, -0.05) is 6.42 Å². The van der Waals surface area contributed by atoms with E-state index in [0.717, 1.165) is 6.42 Å². The Morgan fingerprint density at radius 1 is 1.62 bits per heavy atom. The summed E-state index contributed by atoms with van der Waals surface area (Å²) < 4.78 is 0. The summed E-state index contributed by atoms with van der Waals surface area (Å²) in [6.07, 6.45) is 4.66. The molecule has 1 rings (SSSR count). The molecule has 0 saturated heterocycles. The van der Waals surface area contributed by atoms with Gasteiger partial charge < -0.3 is 16.0 Å². The van der Waals surface area contributed by atoms with Gasteiger partial charge in [0.05, 0.1) is 5.54 Å². The Morgan fingerprint density at radius 3 is 2.50 bits per heavy atom. The summed E-state index contributed by atoms with van der Waals surface area (Å²) in [6.45, 7) is 4.04. The van der Waals surface area contributed by atoms with Gasteiger partial charge in [-0.05, 0) is 47.2 Å². The van der Waals surface area contributed by atoms with E-state index in [1.807, 2.05) is 6.92 Å². The van der Waals surface area contributed by atoms with Crippen LogP contribution in [0.1, 0.15) is 39.5 Å². The van der Waals surface area contributed by atoms with E-state index < -0.39 is 5.54 Å². The van der Waals surface area contributed by atoms with Crippen LogP contribution in [-0.4, -0.2) is 42.5 Å². The lowest BCUT2D eigenvalue weighted by Crippen LogP contribution is -2.56. The summed E-state index contributed by atoms with van der Waals surface area (Å²) in [5.41, 5.74) is 4.83. The third kappa shape index (κ3) is 2.74. The molecule has 2 unspecified atom stereocenters. The largest absolute Gasteiger partial charge is 0.368 e. The molecule has 1 aliphatic rings. The number of carbonyl (C=O) groups excluding carboxylic acids is 1. The molecule has 3 N–H and O–H groups in total. The second-order valence-corrected chi connectivity index (χ2v) is 5.25. The minimum Gasteiger partial charge on any atom is -0.368 e. The molecule has 0 aromatic rings. The number of rotatable bonds is 6. The molecule has 4 nitrogen and oxygen atoms in total. The highest BCUT2D eigenvalue weighted by atomic mass is 16.1. The molecule has 16 heavy (non-hydrogen) atoms. The van der Waals surface area contributed by atoms with Crippen LogP contribution in [0.4, 0.5) is 0 Å². The number of hydrogen-bond acceptors (Lipinski definition) is 3. The second-order valence-electron chi connectivity index (χ2n) is 5.25. The SMILES string of the molecule is CNC(C)(CC(C)N(C)C1CCC1)C(N)=O. The van der Waals surface area contributed by atoms with Gasteiger partial charge in [-0.3, -0.25) is 4.79 Å². The Morgan fingerprint density at radius 2 is 2.19 bits per heavy atom. The van der Waals surface area contributed by atoms with E-state index in [1.54, 1.807) is 7.05 Å². The van der Waals surface area contributed by atoms with E-state index in [9.17, 15) is 4.79 Å². The highest BCUT2D eigenvalue weighted by Crippen LogP contribution is 2.27. The van der Waals surface area contributed by atoms with Crippen LogP contribution in [-0.2, 0) is 4.79 Å². The van der Waals surface area contributed by atoms with Gasteiger partial charge >= 0.3 is 0 Å². The van der Waals surface area contributed by atoms with Crippen LogP contribution in [0.25, 0.3) is 0 Å². The molecule has 0 radical (unpaired) electrons. The molecular weight excluding hydrogens is 202 g/mol. The predicted octanol–water partition coefficient (Wildman–Crippen LogP) is 0.713. The van der Waals surface area contributed by atoms with Crippen molar-refractivity contribution in [2.75, 3.05) is 14.1 Å². The van der Waals surface area contributed by atoms with Crippen molar-refractivity contribution < 1.29 is 4.79 Å². The standard InChI is InChI=1S/C12H25N3O/c1-9(15(4)10-6-5-7-10)8-12(2,14-3)11(13)16/h9-10,14H,5-8H2,1-4H3,(H2,13,16). The Labute approximate surface area is 98.6 Å². The molecule has 1 aliphatic carbocycles. The monoisotopic (exact) mass is 227 g/mol. The first-order valence-corrected chi connectivity index (χ1v) is 6.11. The molecule has 94 valence electrons. The topological polar surface area (TPSA) is 58.4 Å². The van der Waals surface area contributed by atoms with Crippen LogP contribution < -0.4 is 11.1 Å². The van der Waals surface area contributed by atoms with Crippen LogP contribution in [0.3, 0.4) is 0 Å². The third-order valence-electron chi connectivity index (χ3n) is 4.15. The van der Waals surface area contributed by atoms with Crippen molar-refractivity contribution in [2.45, 2.75) is 57.2 Å². The zero-order chi connectivity index (χ0) is 12.3. The first-order chi connectivity index (χ1) is 7.40. The number of amides is 1. The quantitative estimate of drug-likeness (QED) is 0.703. The second kappa shape index (κ2) is 5.15. The maximum Gasteiger partial charge on any atom is 0.237 e. The fraction of sp³-hybridized carbons (Fsp3) is 0.917. The molecule has 0 heterocycles. The van der Waals surface area contributed by atoms with Crippen molar-refractivity contribution in [2.24, 2.45) is 5.73 Å². The number of likely N-dealkylation sites (N-methyl/N-ethyl adjacent to an activating group) is 1. The summed E-state index contributed by atoms with van der Waals surface area (Å²) in [7, 11) is 3.94. The van der Waals surface area contributed by atoms with Crippen molar-refractivity contribution in [3.63, 3.8) is 0 Å². The minimum absolute atomic E-state index is 0.274. The number of nitrogens with two attached hydrogens (primary N) is 1. The Balaban J connectivity index is 2.53. The van der Waals surface area contributed by atoms with Crippen LogP contribution in [0.2, 0.25) is 0 Å². The van der Waals surface area contributed by atoms with Crippen LogP contribution in [0.5, 0.6) is 0 Å². The van der Waals surface area contributed by atoms with Crippen molar-refractivity contribution in [1.29, 1.82) is 0 Å². The zero-order valence-corrected chi connectivity index (χ0v) is 10.9. The highest BCUT2D eigenvalue weighted by Gasteiger charge is 2.34. The summed E-state index contributed by atoms with van der Waals surface area (Å²) in [5.74, 6) is -0.274. The lowest BCUT2D eigenvalue weighted by atomic mass is 9.87. The molecule has 2 atom stereocenters. The molecule has 0 spiro atoms. The van der Waals surface area contributed by atoms with Gasteiger partial charge in [-0.25, -0.2) is 0 Å². The molecule has 0 aromatic heterocycles. The van der Waals surface area contributed by atoms with E-state index >= 15 is 0 Å². The van der Waals surface area contributed by atoms with Crippen LogP contribution in [0.15, 0.2) is 0 Å². The van der Waals surface area contributed by atoms with Gasteiger partial charge in [0.25, 0.3) is 0 Å². The van der Waals surface area contributed by atoms with E-state index in [0.29, 0.717) is 12.1 Å². The van der Waals surface area contributed by atoms with Gasteiger partial charge in [0.2, 0.25) is 5.91 Å². The van der Waals surface area contributed by atoms with E-state index in [4.69, 9.17) is 5.73 Å². The van der Waals surface area contributed by atoms with Crippen LogP contribution in [0, 0.1) is 0 Å². The Bertz CT molecular complexity index is 253. The first kappa shape index (κ1) is 13.5. The van der Waals surface area contributed by atoms with Gasteiger partial charge in [0.1, 0.15) is 0 Å². The van der Waals surface area contributed by atoms with Crippen molar-refractivity contribution in [3.05, 3.63) is 0 Å². The van der Waals surface area contributed by atoms with Crippen molar-refractivity contribution >= 4 is 5.91 Å². The lowest BCUT2D eigenvalue weighted by Gasteiger charge is -2.41. The molecule has 1 fully saturated rings. The lowest BCUT2D eigenvalue weighted by molar-refractivity contribution is -0.124. The van der Waals surface area contributed by atoms with Gasteiger partial charge in [-0.15, -0.1) is 0 Å². The normalized spacial score (nSPS) is 22.6. The fourth-order valence-electron chi connectivity index (χ4n) is 2.21. The minimum atomic E-state index is -0.600. The summed E-state index contributed by atoms with van der Waals surface area (Å²) in [4.78, 5) is 13.8. The summed E-state index contributed by atoms with van der Waals surface area (Å²) in [5, 5.41) is 3.04. The van der Waals surface area contributed by atoms with Gasteiger partial charge in [0.15, 0.2) is 0 Å². The average Bonchev–Trinajstić information content (AvgIpc) is 2.14. The third-order valence-corrected chi connectivity index (χ3v) is 4.15. The number of nitrogens with one attached hydrogen (secondary N) is 1. The Hall–Kier alpha value is -0.610. The fourth-order valence-corrected chi connectivity index (χ4v) is 2.21. The molecule has 0 aromatic carbocycles.